The molecule has 2 heterocycles. The lowest BCUT2D eigenvalue weighted by molar-refractivity contribution is -0.131. The maximum absolute atomic E-state index is 13.8. The molecule has 156 valence electrons. The number of fused-ring (bicyclic) bond motifs is 2. The lowest BCUT2D eigenvalue weighted by Gasteiger charge is -2.46. The van der Waals surface area contributed by atoms with E-state index in [2.05, 4.69) is 33.2 Å². The Morgan fingerprint density at radius 2 is 1.65 bits per heavy atom. The fourth-order valence-electron chi connectivity index (χ4n) is 4.98. The van der Waals surface area contributed by atoms with Gasteiger partial charge in [0.05, 0.1) is 6.04 Å². The second-order valence-corrected chi connectivity index (χ2v) is 10.00. The molecule has 4 nitrogen and oxygen atoms in total. The van der Waals surface area contributed by atoms with Crippen LogP contribution in [0.4, 0.5) is 5.69 Å². The zero-order chi connectivity index (χ0) is 21.8. The van der Waals surface area contributed by atoms with Crippen molar-refractivity contribution < 1.29 is 9.59 Å². The van der Waals surface area contributed by atoms with Gasteiger partial charge in [-0.25, -0.2) is 0 Å². The molecule has 7 heteroatoms. The normalized spacial score (nSPS) is 24.6. The van der Waals surface area contributed by atoms with E-state index in [-0.39, 0.29) is 18.2 Å². The average molecular weight is 563 g/mol. The molecule has 3 atom stereocenters. The minimum atomic E-state index is -1.04. The molecule has 0 unspecified atom stereocenters. The molecule has 2 amide bonds. The van der Waals surface area contributed by atoms with E-state index in [9.17, 15) is 9.59 Å². The van der Waals surface area contributed by atoms with Gasteiger partial charge < -0.3 is 10.6 Å². The second kappa shape index (κ2) is 7.80. The molecule has 1 fully saturated rings. The molecule has 2 N–H and O–H groups in total. The largest absolute Gasteiger partial charge is 0.348 e. The third kappa shape index (κ3) is 3.34. The predicted molar refractivity (Wildman–Crippen MR) is 131 cm³/mol. The van der Waals surface area contributed by atoms with Gasteiger partial charge in [-0.1, -0.05) is 53.5 Å². The van der Waals surface area contributed by atoms with Crippen LogP contribution >= 0.6 is 45.8 Å². The predicted octanol–water partition coefficient (Wildman–Crippen LogP) is 5.83. The molecule has 2 aliphatic rings. The van der Waals surface area contributed by atoms with Crippen molar-refractivity contribution in [1.82, 2.24) is 5.32 Å². The van der Waals surface area contributed by atoms with Crippen LogP contribution in [-0.2, 0) is 15.0 Å². The van der Waals surface area contributed by atoms with Crippen molar-refractivity contribution in [2.45, 2.75) is 23.8 Å². The van der Waals surface area contributed by atoms with Crippen LogP contribution in [0.3, 0.4) is 0 Å². The van der Waals surface area contributed by atoms with E-state index in [0.717, 1.165) is 20.3 Å². The summed E-state index contributed by atoms with van der Waals surface area (Å²) in [6, 6.07) is 20.2. The van der Waals surface area contributed by atoms with Gasteiger partial charge in [-0.15, -0.1) is 0 Å². The molecule has 0 saturated carbocycles. The van der Waals surface area contributed by atoms with E-state index >= 15 is 0 Å². The summed E-state index contributed by atoms with van der Waals surface area (Å²) in [5, 5.41) is 7.27. The number of hydrogen-bond acceptors (Lipinski definition) is 2. The van der Waals surface area contributed by atoms with Gasteiger partial charge in [-0.05, 0) is 75.7 Å². The number of piperidine rings is 1. The van der Waals surface area contributed by atoms with Crippen molar-refractivity contribution >= 4 is 63.3 Å². The smallest absolute Gasteiger partial charge is 0.238 e. The van der Waals surface area contributed by atoms with E-state index < -0.39 is 17.4 Å². The van der Waals surface area contributed by atoms with Gasteiger partial charge in [0, 0.05) is 31.6 Å². The van der Waals surface area contributed by atoms with Crippen LogP contribution in [0.25, 0.3) is 0 Å². The molecule has 2 aliphatic heterocycles. The summed E-state index contributed by atoms with van der Waals surface area (Å²) < 4.78 is 1.03. The van der Waals surface area contributed by atoms with Crippen LogP contribution in [0.1, 0.15) is 35.1 Å². The molecule has 3 aromatic rings. The number of nitrogens with one attached hydrogen (secondary N) is 2. The summed E-state index contributed by atoms with van der Waals surface area (Å²) in [5.74, 6) is -0.654. The summed E-state index contributed by atoms with van der Waals surface area (Å²) in [5.41, 5.74) is 2.20. The van der Waals surface area contributed by atoms with Crippen molar-refractivity contribution in [3.63, 3.8) is 0 Å². The number of rotatable bonds is 2. The molecule has 0 aliphatic carbocycles. The Kier molecular flexibility index (Phi) is 5.23. The van der Waals surface area contributed by atoms with E-state index in [1.54, 1.807) is 18.2 Å². The molecule has 1 spiro atoms. The van der Waals surface area contributed by atoms with Gasteiger partial charge in [0.2, 0.25) is 11.8 Å². The Labute approximate surface area is 203 Å². The van der Waals surface area contributed by atoms with Gasteiger partial charge in [0.15, 0.2) is 0 Å². The van der Waals surface area contributed by atoms with Crippen molar-refractivity contribution in [2.24, 2.45) is 0 Å². The van der Waals surface area contributed by atoms with Crippen LogP contribution in [0.5, 0.6) is 0 Å². The number of amides is 2. The SMILES string of the molecule is O=C1C[C@@H](c2cccc(Cl)c2)[C@]2(C(=O)Nc3cc(Cl)ccc32)[C@@H](c2cccc(I)c2)N1. The summed E-state index contributed by atoms with van der Waals surface area (Å²) in [6.45, 7) is 0. The maximum Gasteiger partial charge on any atom is 0.238 e. The number of benzene rings is 3. The van der Waals surface area contributed by atoms with Crippen LogP contribution in [0.15, 0.2) is 66.7 Å². The van der Waals surface area contributed by atoms with Gasteiger partial charge in [-0.3, -0.25) is 9.59 Å². The molecular weight excluding hydrogens is 546 g/mol. The highest BCUT2D eigenvalue weighted by molar-refractivity contribution is 14.1. The third-order valence-corrected chi connectivity index (χ3v) is 7.33. The molecule has 0 aromatic heterocycles. The van der Waals surface area contributed by atoms with Crippen molar-refractivity contribution in [1.29, 1.82) is 0 Å². The molecule has 0 bridgehead atoms. The van der Waals surface area contributed by atoms with Crippen LogP contribution in [-0.4, -0.2) is 11.8 Å². The van der Waals surface area contributed by atoms with Crippen LogP contribution in [0.2, 0.25) is 10.0 Å². The third-order valence-electron chi connectivity index (χ3n) is 6.18. The fourth-order valence-corrected chi connectivity index (χ4v) is 5.92. The van der Waals surface area contributed by atoms with Crippen molar-refractivity contribution in [2.75, 3.05) is 5.32 Å². The summed E-state index contributed by atoms with van der Waals surface area (Å²) in [7, 11) is 0. The quantitative estimate of drug-likeness (QED) is 0.386. The first-order valence-corrected chi connectivity index (χ1v) is 11.6. The molecule has 3 aromatic carbocycles. The van der Waals surface area contributed by atoms with Gasteiger partial charge in [-0.2, -0.15) is 0 Å². The number of carbonyl (C=O) groups is 2. The Bertz CT molecular complexity index is 1170. The maximum atomic E-state index is 13.8. The summed E-state index contributed by atoms with van der Waals surface area (Å²) in [4.78, 5) is 26.7. The van der Waals surface area contributed by atoms with Gasteiger partial charge in [0.25, 0.3) is 0 Å². The Morgan fingerprint density at radius 1 is 0.903 bits per heavy atom. The van der Waals surface area contributed by atoms with Gasteiger partial charge in [0.1, 0.15) is 5.41 Å². The first-order valence-electron chi connectivity index (χ1n) is 9.81. The highest BCUT2D eigenvalue weighted by atomic mass is 127. The van der Waals surface area contributed by atoms with Crippen molar-refractivity contribution in [3.05, 3.63) is 97.0 Å². The standard InChI is InChI=1S/C24H17Cl2IN2O2/c25-15-5-1-3-13(9-15)19-12-21(30)29-22(14-4-2-6-17(27)10-14)24(19)18-8-7-16(26)11-20(18)28-23(24)31/h1-11,19,22H,12H2,(H,28,31)(H,29,30)/t19-,22+,24-/m0/s1. The number of hydrogen-bond donors (Lipinski definition) is 2. The Balaban J connectivity index is 1.81. The Hall–Kier alpha value is -2.09. The monoisotopic (exact) mass is 562 g/mol. The molecular formula is C24H17Cl2IN2O2. The minimum Gasteiger partial charge on any atom is -0.348 e. The van der Waals surface area contributed by atoms with E-state index in [4.69, 9.17) is 23.2 Å². The topological polar surface area (TPSA) is 58.2 Å². The number of halogens is 3. The van der Waals surface area contributed by atoms with E-state index in [1.807, 2.05) is 48.5 Å². The lowest BCUT2D eigenvalue weighted by atomic mass is 9.59. The van der Waals surface area contributed by atoms with Crippen molar-refractivity contribution in [3.8, 4) is 0 Å². The lowest BCUT2D eigenvalue weighted by Crippen LogP contribution is -2.56. The van der Waals surface area contributed by atoms with Gasteiger partial charge >= 0.3 is 0 Å². The zero-order valence-electron chi connectivity index (χ0n) is 16.2. The second-order valence-electron chi connectivity index (χ2n) is 7.88. The first kappa shape index (κ1) is 20.8. The van der Waals surface area contributed by atoms with E-state index in [0.29, 0.717) is 15.7 Å². The number of anilines is 1. The first-order chi connectivity index (χ1) is 14.9. The molecule has 31 heavy (non-hydrogen) atoms. The fraction of sp³-hybridized carbons (Fsp3) is 0.167. The number of carbonyl (C=O) groups excluding carboxylic acids is 2. The zero-order valence-corrected chi connectivity index (χ0v) is 19.8. The summed E-state index contributed by atoms with van der Waals surface area (Å²) in [6.07, 6.45) is 0.177. The van der Waals surface area contributed by atoms with Crippen LogP contribution < -0.4 is 10.6 Å². The minimum absolute atomic E-state index is 0.102. The highest BCUT2D eigenvalue weighted by Gasteiger charge is 2.61. The van der Waals surface area contributed by atoms with Crippen LogP contribution in [0, 0.1) is 3.57 Å². The summed E-state index contributed by atoms with van der Waals surface area (Å²) >= 11 is 14.8. The van der Waals surface area contributed by atoms with E-state index in [1.165, 1.54) is 0 Å². The molecule has 1 saturated heterocycles. The Morgan fingerprint density at radius 3 is 2.42 bits per heavy atom. The molecule has 5 rings (SSSR count). The average Bonchev–Trinajstić information content (AvgIpc) is 3.01. The molecule has 0 radical (unpaired) electrons. The highest BCUT2D eigenvalue weighted by Crippen LogP contribution is 2.57.